The highest BCUT2D eigenvalue weighted by molar-refractivity contribution is 9.10. The average molecular weight is 493 g/mol. The van der Waals surface area contributed by atoms with Crippen LogP contribution in [-0.2, 0) is 4.79 Å². The first kappa shape index (κ1) is 21.3. The summed E-state index contributed by atoms with van der Waals surface area (Å²) in [5.41, 5.74) is 4.96. The molecule has 0 atom stereocenters. The zero-order chi connectivity index (χ0) is 21.8. The molecule has 0 aliphatic carbocycles. The maximum Gasteiger partial charge on any atom is 0.234 e. The Bertz CT molecular complexity index is 1220. The Kier molecular flexibility index (Phi) is 6.53. The largest absolute Gasteiger partial charge is 0.324 e. The topological polar surface area (TPSA) is 59.8 Å². The molecule has 0 saturated heterocycles. The van der Waals surface area contributed by atoms with Crippen molar-refractivity contribution in [2.45, 2.75) is 19.0 Å². The average Bonchev–Trinajstić information content (AvgIpc) is 3.19. The van der Waals surface area contributed by atoms with E-state index in [-0.39, 0.29) is 11.7 Å². The highest BCUT2D eigenvalue weighted by Gasteiger charge is 2.18. The van der Waals surface area contributed by atoms with Crippen LogP contribution in [0.2, 0.25) is 0 Å². The van der Waals surface area contributed by atoms with Gasteiger partial charge in [-0.15, -0.1) is 10.2 Å². The molecule has 7 heteroatoms. The van der Waals surface area contributed by atoms with Crippen molar-refractivity contribution in [1.29, 1.82) is 0 Å². The van der Waals surface area contributed by atoms with Crippen LogP contribution in [0.1, 0.15) is 11.1 Å². The van der Waals surface area contributed by atoms with Gasteiger partial charge in [0.2, 0.25) is 5.91 Å². The summed E-state index contributed by atoms with van der Waals surface area (Å²) in [4.78, 5) is 12.6. The van der Waals surface area contributed by atoms with Crippen molar-refractivity contribution in [3.8, 4) is 17.1 Å². The Balaban J connectivity index is 1.60. The van der Waals surface area contributed by atoms with Crippen LogP contribution in [0.25, 0.3) is 17.1 Å². The van der Waals surface area contributed by atoms with Gasteiger partial charge in [-0.2, -0.15) is 0 Å². The van der Waals surface area contributed by atoms with E-state index < -0.39 is 0 Å². The first-order chi connectivity index (χ1) is 15.0. The molecule has 0 saturated carbocycles. The van der Waals surface area contributed by atoms with Gasteiger partial charge < -0.3 is 5.32 Å². The Hall–Kier alpha value is -2.90. The summed E-state index contributed by atoms with van der Waals surface area (Å²) in [7, 11) is 0. The van der Waals surface area contributed by atoms with Crippen LogP contribution in [0, 0.1) is 13.8 Å². The van der Waals surface area contributed by atoms with Gasteiger partial charge in [0.05, 0.1) is 11.4 Å². The number of thioether (sulfide) groups is 1. The molecule has 1 N–H and O–H groups in total. The molecule has 31 heavy (non-hydrogen) atoms. The zero-order valence-electron chi connectivity index (χ0n) is 17.2. The minimum Gasteiger partial charge on any atom is -0.324 e. The molecule has 1 heterocycles. The summed E-state index contributed by atoms with van der Waals surface area (Å²) >= 11 is 4.86. The number of aryl methyl sites for hydroxylation is 2. The third kappa shape index (κ3) is 4.89. The number of benzene rings is 3. The Morgan fingerprint density at radius 1 is 1.00 bits per heavy atom. The van der Waals surface area contributed by atoms with E-state index in [1.807, 2.05) is 78.2 Å². The number of rotatable bonds is 6. The van der Waals surface area contributed by atoms with Gasteiger partial charge in [0.1, 0.15) is 0 Å². The van der Waals surface area contributed by atoms with Crippen molar-refractivity contribution in [1.82, 2.24) is 14.8 Å². The number of halogens is 1. The molecule has 3 aromatic carbocycles. The van der Waals surface area contributed by atoms with Crippen LogP contribution in [0.3, 0.4) is 0 Å². The van der Waals surface area contributed by atoms with Gasteiger partial charge in [-0.1, -0.05) is 60.3 Å². The molecule has 156 valence electrons. The molecule has 0 spiro atoms. The van der Waals surface area contributed by atoms with Crippen molar-refractivity contribution in [3.63, 3.8) is 0 Å². The minimum absolute atomic E-state index is 0.102. The molecular formula is C24H21BrN4OS. The van der Waals surface area contributed by atoms with E-state index in [2.05, 4.69) is 44.4 Å². The minimum atomic E-state index is -0.102. The summed E-state index contributed by atoms with van der Waals surface area (Å²) in [6.45, 7) is 4.06. The second-order valence-electron chi connectivity index (χ2n) is 7.11. The highest BCUT2D eigenvalue weighted by atomic mass is 79.9. The molecule has 4 aromatic rings. The summed E-state index contributed by atoms with van der Waals surface area (Å²) in [6, 6.07) is 23.9. The van der Waals surface area contributed by atoms with E-state index >= 15 is 0 Å². The number of carbonyl (C=O) groups is 1. The number of aromatic nitrogens is 3. The fraction of sp³-hybridized carbons (Fsp3) is 0.125. The van der Waals surface area contributed by atoms with Gasteiger partial charge in [-0.05, 0) is 65.2 Å². The van der Waals surface area contributed by atoms with Crippen molar-refractivity contribution in [3.05, 3.63) is 88.4 Å². The van der Waals surface area contributed by atoms with Gasteiger partial charge >= 0.3 is 0 Å². The normalized spacial score (nSPS) is 10.8. The number of hydrogen-bond acceptors (Lipinski definition) is 4. The number of nitrogens with one attached hydrogen (secondary N) is 1. The number of anilines is 1. The lowest BCUT2D eigenvalue weighted by Crippen LogP contribution is -2.15. The lowest BCUT2D eigenvalue weighted by Gasteiger charge is -2.12. The van der Waals surface area contributed by atoms with E-state index in [1.165, 1.54) is 11.8 Å². The van der Waals surface area contributed by atoms with Gasteiger partial charge in [0.25, 0.3) is 0 Å². The first-order valence-electron chi connectivity index (χ1n) is 9.78. The molecule has 0 unspecified atom stereocenters. The van der Waals surface area contributed by atoms with E-state index in [4.69, 9.17) is 0 Å². The molecule has 0 fully saturated rings. The van der Waals surface area contributed by atoms with Crippen LogP contribution >= 0.6 is 27.7 Å². The molecule has 1 aromatic heterocycles. The van der Waals surface area contributed by atoms with Crippen molar-refractivity contribution < 1.29 is 4.79 Å². The third-order valence-corrected chi connectivity index (χ3v) is 6.35. The van der Waals surface area contributed by atoms with Gasteiger partial charge in [-0.25, -0.2) is 0 Å². The smallest absolute Gasteiger partial charge is 0.234 e. The molecule has 5 nitrogen and oxygen atoms in total. The molecule has 0 radical (unpaired) electrons. The standard InChI is InChI=1S/C24H21BrN4OS/c1-16-12-13-21(20(25)14-16)26-22(30)15-31-24-28-27-23(19-11-7-6-8-17(19)2)29(24)18-9-4-3-5-10-18/h3-14H,15H2,1-2H3,(H,26,30). The van der Waals surface area contributed by atoms with Crippen LogP contribution in [-0.4, -0.2) is 26.4 Å². The van der Waals surface area contributed by atoms with Crippen LogP contribution < -0.4 is 5.32 Å². The number of amides is 1. The van der Waals surface area contributed by atoms with E-state index in [1.54, 1.807) is 0 Å². The number of para-hydroxylation sites is 1. The molecular weight excluding hydrogens is 472 g/mol. The SMILES string of the molecule is Cc1ccc(NC(=O)CSc2nnc(-c3ccccc3C)n2-c2ccccc2)c(Br)c1. The highest BCUT2D eigenvalue weighted by Crippen LogP contribution is 2.30. The van der Waals surface area contributed by atoms with Crippen molar-refractivity contribution >= 4 is 39.3 Å². The van der Waals surface area contributed by atoms with E-state index in [0.717, 1.165) is 38.4 Å². The van der Waals surface area contributed by atoms with Gasteiger partial charge in [0.15, 0.2) is 11.0 Å². The quantitative estimate of drug-likeness (QED) is 0.333. The maximum atomic E-state index is 12.6. The Morgan fingerprint density at radius 3 is 2.48 bits per heavy atom. The Labute approximate surface area is 194 Å². The summed E-state index contributed by atoms with van der Waals surface area (Å²) < 4.78 is 2.86. The summed E-state index contributed by atoms with van der Waals surface area (Å²) in [6.07, 6.45) is 0. The predicted molar refractivity (Wildman–Crippen MR) is 130 cm³/mol. The number of nitrogens with zero attached hydrogens (tertiary/aromatic N) is 3. The predicted octanol–water partition coefficient (Wildman–Crippen LogP) is 6.04. The summed E-state index contributed by atoms with van der Waals surface area (Å²) in [5, 5.41) is 12.5. The fourth-order valence-electron chi connectivity index (χ4n) is 3.21. The van der Waals surface area contributed by atoms with Gasteiger partial charge in [-0.3, -0.25) is 9.36 Å². The van der Waals surface area contributed by atoms with E-state index in [0.29, 0.717) is 5.16 Å². The number of carbonyl (C=O) groups excluding carboxylic acids is 1. The molecule has 0 aliphatic rings. The fourth-order valence-corrected chi connectivity index (χ4v) is 4.55. The van der Waals surface area contributed by atoms with Crippen LogP contribution in [0.5, 0.6) is 0 Å². The molecule has 0 bridgehead atoms. The van der Waals surface area contributed by atoms with Gasteiger partial charge in [0, 0.05) is 15.7 Å². The molecule has 0 aliphatic heterocycles. The van der Waals surface area contributed by atoms with E-state index in [9.17, 15) is 4.79 Å². The van der Waals surface area contributed by atoms with Crippen LogP contribution in [0.4, 0.5) is 5.69 Å². The van der Waals surface area contributed by atoms with Crippen molar-refractivity contribution in [2.75, 3.05) is 11.1 Å². The lowest BCUT2D eigenvalue weighted by atomic mass is 10.1. The second kappa shape index (κ2) is 9.49. The molecule has 1 amide bonds. The summed E-state index contributed by atoms with van der Waals surface area (Å²) in [5.74, 6) is 0.877. The van der Waals surface area contributed by atoms with Crippen LogP contribution in [0.15, 0.2) is 82.4 Å². The maximum absolute atomic E-state index is 12.6. The zero-order valence-corrected chi connectivity index (χ0v) is 19.6. The number of hydrogen-bond donors (Lipinski definition) is 1. The van der Waals surface area contributed by atoms with Crippen molar-refractivity contribution in [2.24, 2.45) is 0 Å². The monoisotopic (exact) mass is 492 g/mol. The lowest BCUT2D eigenvalue weighted by molar-refractivity contribution is -0.113. The Morgan fingerprint density at radius 2 is 1.74 bits per heavy atom. The second-order valence-corrected chi connectivity index (χ2v) is 8.91. The first-order valence-corrected chi connectivity index (χ1v) is 11.6. The molecule has 4 rings (SSSR count). The third-order valence-electron chi connectivity index (χ3n) is 4.76.